The number of hydrogen-bond donors (Lipinski definition) is 2. The summed E-state index contributed by atoms with van der Waals surface area (Å²) in [5.41, 5.74) is 1.45. The zero-order chi connectivity index (χ0) is 14.5. The summed E-state index contributed by atoms with van der Waals surface area (Å²) in [7, 11) is 1.76. The van der Waals surface area contributed by atoms with Crippen molar-refractivity contribution in [1.29, 1.82) is 0 Å². The highest BCUT2D eigenvalue weighted by atomic mass is 32.1. The van der Waals surface area contributed by atoms with E-state index < -0.39 is 12.0 Å². The first-order valence-corrected chi connectivity index (χ1v) is 7.01. The fourth-order valence-electron chi connectivity index (χ4n) is 2.03. The monoisotopic (exact) mass is 292 g/mol. The average molecular weight is 292 g/mol. The highest BCUT2D eigenvalue weighted by molar-refractivity contribution is 7.09. The number of aliphatic hydroxyl groups excluding tert-OH is 1. The van der Waals surface area contributed by atoms with Crippen LogP contribution in [0.5, 0.6) is 0 Å². The quantitative estimate of drug-likeness (QED) is 0.850. The van der Waals surface area contributed by atoms with Crippen LogP contribution in [0.3, 0.4) is 0 Å². The van der Waals surface area contributed by atoms with Gasteiger partial charge in [-0.05, 0) is 18.2 Å². The van der Waals surface area contributed by atoms with Crippen LogP contribution in [0.15, 0.2) is 35.8 Å². The number of nitrogens with zero attached hydrogens (tertiary/aromatic N) is 2. The summed E-state index contributed by atoms with van der Waals surface area (Å²) in [5, 5.41) is 21.2. The molecule has 0 bridgehead atoms. The Labute approximate surface area is 121 Å². The Kier molecular flexibility index (Phi) is 4.84. The Balaban J connectivity index is 2.19. The van der Waals surface area contributed by atoms with Gasteiger partial charge in [-0.1, -0.05) is 24.3 Å². The van der Waals surface area contributed by atoms with E-state index in [9.17, 15) is 9.90 Å². The Morgan fingerprint density at radius 1 is 1.40 bits per heavy atom. The molecule has 0 aliphatic rings. The number of thiazole rings is 1. The van der Waals surface area contributed by atoms with Gasteiger partial charge in [0.05, 0.1) is 13.2 Å². The lowest BCUT2D eigenvalue weighted by atomic mass is 10.0. The molecule has 20 heavy (non-hydrogen) atoms. The molecule has 0 aliphatic carbocycles. The Bertz CT molecular complexity index is 554. The minimum Gasteiger partial charge on any atom is -0.480 e. The lowest BCUT2D eigenvalue weighted by molar-refractivity contribution is -0.143. The molecule has 1 aromatic carbocycles. The Hall–Kier alpha value is -1.76. The first-order chi connectivity index (χ1) is 9.61. The van der Waals surface area contributed by atoms with Crippen LogP contribution in [-0.4, -0.2) is 33.1 Å². The highest BCUT2D eigenvalue weighted by Crippen LogP contribution is 2.22. The molecular formula is C14H16N2O3S. The molecule has 6 heteroatoms. The summed E-state index contributed by atoms with van der Waals surface area (Å²) in [6, 6.07) is 6.22. The maximum atomic E-state index is 11.5. The zero-order valence-corrected chi connectivity index (χ0v) is 11.9. The number of carbonyl (C=O) groups is 1. The lowest BCUT2D eigenvalue weighted by Gasteiger charge is -2.24. The van der Waals surface area contributed by atoms with E-state index in [0.717, 1.165) is 10.6 Å². The topological polar surface area (TPSA) is 73.7 Å². The van der Waals surface area contributed by atoms with Gasteiger partial charge in [-0.2, -0.15) is 0 Å². The second-order valence-electron chi connectivity index (χ2n) is 4.48. The molecule has 2 aromatic rings. The van der Waals surface area contributed by atoms with Crippen LogP contribution < -0.4 is 0 Å². The van der Waals surface area contributed by atoms with Crippen LogP contribution in [0.4, 0.5) is 0 Å². The lowest BCUT2D eigenvalue weighted by Crippen LogP contribution is -2.30. The second kappa shape index (κ2) is 6.60. The van der Waals surface area contributed by atoms with E-state index in [4.69, 9.17) is 5.11 Å². The van der Waals surface area contributed by atoms with Crippen LogP contribution in [0.2, 0.25) is 0 Å². The van der Waals surface area contributed by atoms with E-state index in [-0.39, 0.29) is 6.61 Å². The van der Waals surface area contributed by atoms with Crippen molar-refractivity contribution in [3.63, 3.8) is 0 Å². The fourth-order valence-corrected chi connectivity index (χ4v) is 2.71. The molecule has 2 rings (SSSR count). The van der Waals surface area contributed by atoms with Crippen molar-refractivity contribution >= 4 is 17.3 Å². The summed E-state index contributed by atoms with van der Waals surface area (Å²) in [4.78, 5) is 17.4. The number of aromatic nitrogens is 1. The van der Waals surface area contributed by atoms with Gasteiger partial charge in [0.2, 0.25) is 0 Å². The third-order valence-corrected chi connectivity index (χ3v) is 3.79. The van der Waals surface area contributed by atoms with Crippen LogP contribution in [0, 0.1) is 0 Å². The van der Waals surface area contributed by atoms with Crippen LogP contribution >= 0.6 is 11.3 Å². The number of aliphatic carboxylic acids is 1. The summed E-state index contributed by atoms with van der Waals surface area (Å²) in [6.07, 6.45) is 1.71. The third-order valence-electron chi connectivity index (χ3n) is 3.02. The molecule has 0 saturated heterocycles. The number of carboxylic acids is 1. The first kappa shape index (κ1) is 14.6. The van der Waals surface area contributed by atoms with Crippen molar-refractivity contribution in [2.75, 3.05) is 7.05 Å². The molecule has 0 spiro atoms. The van der Waals surface area contributed by atoms with Crippen molar-refractivity contribution in [2.45, 2.75) is 19.2 Å². The highest BCUT2D eigenvalue weighted by Gasteiger charge is 2.25. The number of aliphatic hydroxyl groups is 1. The predicted octanol–water partition coefficient (Wildman–Crippen LogP) is 1.89. The molecule has 2 N–H and O–H groups in total. The summed E-state index contributed by atoms with van der Waals surface area (Å²) >= 11 is 1.50. The van der Waals surface area contributed by atoms with Crippen molar-refractivity contribution < 1.29 is 15.0 Å². The molecule has 0 saturated carbocycles. The van der Waals surface area contributed by atoms with Gasteiger partial charge in [0.25, 0.3) is 0 Å². The number of likely N-dealkylation sites (N-methyl/N-ethyl adjacent to an activating group) is 1. The number of carboxylic acid groups (broad SMARTS) is 1. The van der Waals surface area contributed by atoms with Gasteiger partial charge in [0.15, 0.2) is 0 Å². The van der Waals surface area contributed by atoms with Crippen molar-refractivity contribution in [3.8, 4) is 0 Å². The normalized spacial score (nSPS) is 12.6. The molecule has 106 valence electrons. The maximum Gasteiger partial charge on any atom is 0.325 e. The van der Waals surface area contributed by atoms with E-state index in [0.29, 0.717) is 12.1 Å². The smallest absolute Gasteiger partial charge is 0.325 e. The molecule has 1 heterocycles. The molecule has 0 amide bonds. The Morgan fingerprint density at radius 2 is 2.10 bits per heavy atom. The van der Waals surface area contributed by atoms with E-state index in [2.05, 4.69) is 4.98 Å². The average Bonchev–Trinajstić information content (AvgIpc) is 2.92. The van der Waals surface area contributed by atoms with Gasteiger partial charge in [0, 0.05) is 11.6 Å². The van der Waals surface area contributed by atoms with Gasteiger partial charge >= 0.3 is 5.97 Å². The van der Waals surface area contributed by atoms with Crippen molar-refractivity contribution in [3.05, 3.63) is 52.0 Å². The minimum absolute atomic E-state index is 0.0486. The van der Waals surface area contributed by atoms with E-state index in [1.54, 1.807) is 42.4 Å². The predicted molar refractivity (Wildman–Crippen MR) is 76.3 cm³/mol. The van der Waals surface area contributed by atoms with Crippen molar-refractivity contribution in [2.24, 2.45) is 0 Å². The summed E-state index contributed by atoms with van der Waals surface area (Å²) < 4.78 is 0. The summed E-state index contributed by atoms with van der Waals surface area (Å²) in [5.74, 6) is -0.902. The van der Waals surface area contributed by atoms with E-state index >= 15 is 0 Å². The van der Waals surface area contributed by atoms with Gasteiger partial charge in [-0.3, -0.25) is 9.69 Å². The van der Waals surface area contributed by atoms with Crippen molar-refractivity contribution in [1.82, 2.24) is 9.88 Å². The number of benzene rings is 1. The summed E-state index contributed by atoms with van der Waals surface area (Å²) in [6.45, 7) is 0.434. The van der Waals surface area contributed by atoms with E-state index in [1.165, 1.54) is 11.3 Å². The molecule has 5 nitrogen and oxygen atoms in total. The minimum atomic E-state index is -0.902. The van der Waals surface area contributed by atoms with Crippen LogP contribution in [-0.2, 0) is 17.9 Å². The number of hydrogen-bond acceptors (Lipinski definition) is 5. The molecule has 1 atom stereocenters. The molecule has 0 fully saturated rings. The van der Waals surface area contributed by atoms with Gasteiger partial charge in [0.1, 0.15) is 11.0 Å². The second-order valence-corrected chi connectivity index (χ2v) is 5.46. The standard InChI is InChI=1S/C14H16N2O3S/c1-16(8-12-15-6-7-20-12)13(14(18)19)11-4-2-10(9-17)3-5-11/h2-7,13,17H,8-9H2,1H3,(H,18,19)/t13-/m1/s1. The molecular weight excluding hydrogens is 276 g/mol. The SMILES string of the molecule is CN(Cc1nccs1)[C@@H](C(=O)O)c1ccc(CO)cc1. The maximum absolute atomic E-state index is 11.5. The third kappa shape index (κ3) is 3.41. The molecule has 1 aromatic heterocycles. The Morgan fingerprint density at radius 3 is 2.60 bits per heavy atom. The molecule has 0 radical (unpaired) electrons. The van der Waals surface area contributed by atoms with Gasteiger partial charge < -0.3 is 10.2 Å². The van der Waals surface area contributed by atoms with Gasteiger partial charge in [-0.15, -0.1) is 11.3 Å². The largest absolute Gasteiger partial charge is 0.480 e. The molecule has 0 aliphatic heterocycles. The zero-order valence-electron chi connectivity index (χ0n) is 11.1. The number of rotatable bonds is 6. The van der Waals surface area contributed by atoms with Gasteiger partial charge in [-0.25, -0.2) is 4.98 Å². The first-order valence-electron chi connectivity index (χ1n) is 6.13. The fraction of sp³-hybridized carbons (Fsp3) is 0.286. The van der Waals surface area contributed by atoms with Crippen LogP contribution in [0.25, 0.3) is 0 Å². The van der Waals surface area contributed by atoms with Crippen LogP contribution in [0.1, 0.15) is 22.2 Å². The molecule has 0 unspecified atom stereocenters. The van der Waals surface area contributed by atoms with E-state index in [1.807, 2.05) is 5.38 Å².